The zero-order chi connectivity index (χ0) is 13.1. The first-order valence-corrected chi connectivity index (χ1v) is 5.91. The minimum atomic E-state index is -0.349. The molecule has 6 heteroatoms. The van der Waals surface area contributed by atoms with E-state index in [4.69, 9.17) is 10.5 Å². The molecule has 1 atom stereocenters. The summed E-state index contributed by atoms with van der Waals surface area (Å²) in [7, 11) is 1.62. The zero-order valence-electron chi connectivity index (χ0n) is 10.6. The highest BCUT2D eigenvalue weighted by molar-refractivity contribution is 5.85. The van der Waals surface area contributed by atoms with E-state index in [1.165, 1.54) is 0 Å². The lowest BCUT2D eigenvalue weighted by atomic mass is 10.2. The quantitative estimate of drug-likeness (QED) is 0.767. The Bertz CT molecular complexity index is 450. The number of amides is 1. The molecular formula is C12H18N4O2. The van der Waals surface area contributed by atoms with Crippen molar-refractivity contribution >= 4 is 17.4 Å². The van der Waals surface area contributed by atoms with Crippen molar-refractivity contribution in [1.82, 2.24) is 10.3 Å². The third-order valence-corrected chi connectivity index (χ3v) is 3.10. The number of ether oxygens (including phenoxy) is 1. The molecule has 1 aliphatic heterocycles. The average Bonchev–Trinajstić information content (AvgIpc) is 2.41. The summed E-state index contributed by atoms with van der Waals surface area (Å²) in [6, 6.07) is 1.45. The third kappa shape index (κ3) is 2.38. The Morgan fingerprint density at radius 3 is 3.11 bits per heavy atom. The molecule has 1 fully saturated rings. The fourth-order valence-corrected chi connectivity index (χ4v) is 1.95. The van der Waals surface area contributed by atoms with Crippen LogP contribution in [0.25, 0.3) is 0 Å². The molecule has 1 aromatic heterocycles. The Labute approximate surface area is 106 Å². The van der Waals surface area contributed by atoms with Crippen molar-refractivity contribution in [2.45, 2.75) is 13.0 Å². The zero-order valence-corrected chi connectivity index (χ0v) is 10.6. The van der Waals surface area contributed by atoms with E-state index in [0.29, 0.717) is 25.4 Å². The molecule has 0 saturated carbocycles. The highest BCUT2D eigenvalue weighted by atomic mass is 16.5. The van der Waals surface area contributed by atoms with Crippen molar-refractivity contribution in [2.75, 3.05) is 37.4 Å². The van der Waals surface area contributed by atoms with Gasteiger partial charge < -0.3 is 20.7 Å². The van der Waals surface area contributed by atoms with Crippen LogP contribution in [-0.4, -0.2) is 43.7 Å². The fourth-order valence-electron chi connectivity index (χ4n) is 1.95. The van der Waals surface area contributed by atoms with Gasteiger partial charge in [0.05, 0.1) is 13.2 Å². The average molecular weight is 250 g/mol. The number of morpholine rings is 1. The Kier molecular flexibility index (Phi) is 3.66. The molecule has 0 bridgehead atoms. The molecule has 0 spiro atoms. The summed E-state index contributed by atoms with van der Waals surface area (Å²) in [5.74, 6) is 0.644. The molecule has 0 radical (unpaired) electrons. The second kappa shape index (κ2) is 5.22. The highest BCUT2D eigenvalue weighted by Crippen LogP contribution is 2.21. The van der Waals surface area contributed by atoms with Crippen LogP contribution in [0.5, 0.6) is 0 Å². The monoisotopic (exact) mass is 250 g/mol. The number of carbonyl (C=O) groups excluding carboxylic acids is 1. The minimum Gasteiger partial charge on any atom is -0.398 e. The van der Waals surface area contributed by atoms with E-state index in [0.717, 1.165) is 11.4 Å². The lowest BCUT2D eigenvalue weighted by molar-refractivity contribution is -0.124. The molecule has 2 rings (SSSR count). The Morgan fingerprint density at radius 1 is 1.67 bits per heavy atom. The summed E-state index contributed by atoms with van der Waals surface area (Å²) < 4.78 is 5.35. The molecule has 0 aromatic carbocycles. The smallest absolute Gasteiger partial charge is 0.244 e. The van der Waals surface area contributed by atoms with Gasteiger partial charge in [-0.2, -0.15) is 0 Å². The number of hydrogen-bond acceptors (Lipinski definition) is 5. The van der Waals surface area contributed by atoms with Crippen molar-refractivity contribution in [3.63, 3.8) is 0 Å². The normalized spacial score (nSPS) is 19.7. The first-order valence-electron chi connectivity index (χ1n) is 5.91. The molecule has 1 saturated heterocycles. The van der Waals surface area contributed by atoms with E-state index in [2.05, 4.69) is 10.3 Å². The molecule has 1 unspecified atom stereocenters. The number of nitrogens with one attached hydrogen (secondary N) is 1. The Balaban J connectivity index is 2.27. The number of carbonyl (C=O) groups is 1. The van der Waals surface area contributed by atoms with Crippen molar-refractivity contribution in [1.29, 1.82) is 0 Å². The molecule has 1 aliphatic rings. The van der Waals surface area contributed by atoms with Gasteiger partial charge in [-0.25, -0.2) is 4.98 Å². The predicted octanol–water partition coefficient (Wildman–Crippen LogP) is -0.0766. The number of likely N-dealkylation sites (N-methyl/N-ethyl adjacent to an activating group) is 1. The maximum atomic E-state index is 11.8. The Morgan fingerprint density at radius 2 is 2.44 bits per heavy atom. The SMILES string of the molecule is CNC(=O)C1COCCN1c1cc(N)c(C)cn1. The molecule has 6 nitrogen and oxygen atoms in total. The number of aryl methyl sites for hydroxylation is 1. The first kappa shape index (κ1) is 12.6. The van der Waals surface area contributed by atoms with Gasteiger partial charge in [-0.05, 0) is 12.5 Å². The second-order valence-corrected chi connectivity index (χ2v) is 4.30. The van der Waals surface area contributed by atoms with Gasteiger partial charge in [0.25, 0.3) is 0 Å². The summed E-state index contributed by atoms with van der Waals surface area (Å²) in [4.78, 5) is 18.1. The minimum absolute atomic E-state index is 0.0735. The maximum Gasteiger partial charge on any atom is 0.244 e. The molecule has 1 aromatic rings. The van der Waals surface area contributed by atoms with Crippen LogP contribution >= 0.6 is 0 Å². The van der Waals surface area contributed by atoms with Crippen LogP contribution in [0.1, 0.15) is 5.56 Å². The highest BCUT2D eigenvalue weighted by Gasteiger charge is 2.29. The summed E-state index contributed by atoms with van der Waals surface area (Å²) in [5, 5.41) is 2.64. The number of nitrogen functional groups attached to an aromatic ring is 1. The number of rotatable bonds is 2. The van der Waals surface area contributed by atoms with Crippen molar-refractivity contribution in [2.24, 2.45) is 0 Å². The molecule has 1 amide bonds. The van der Waals surface area contributed by atoms with Gasteiger partial charge in [-0.15, -0.1) is 0 Å². The van der Waals surface area contributed by atoms with Gasteiger partial charge in [-0.1, -0.05) is 0 Å². The molecule has 2 heterocycles. The number of anilines is 2. The van der Waals surface area contributed by atoms with Gasteiger partial charge in [0.15, 0.2) is 0 Å². The van der Waals surface area contributed by atoms with Crippen LogP contribution in [0, 0.1) is 6.92 Å². The van der Waals surface area contributed by atoms with Crippen LogP contribution in [0.15, 0.2) is 12.3 Å². The van der Waals surface area contributed by atoms with E-state index in [1.807, 2.05) is 11.8 Å². The number of hydrogen-bond donors (Lipinski definition) is 2. The van der Waals surface area contributed by atoms with E-state index in [-0.39, 0.29) is 11.9 Å². The third-order valence-electron chi connectivity index (χ3n) is 3.10. The van der Waals surface area contributed by atoms with E-state index in [1.54, 1.807) is 19.3 Å². The van der Waals surface area contributed by atoms with E-state index < -0.39 is 0 Å². The van der Waals surface area contributed by atoms with E-state index in [9.17, 15) is 4.79 Å². The van der Waals surface area contributed by atoms with Crippen LogP contribution in [0.2, 0.25) is 0 Å². The molecule has 98 valence electrons. The van der Waals surface area contributed by atoms with Crippen LogP contribution in [0.4, 0.5) is 11.5 Å². The molecule has 18 heavy (non-hydrogen) atoms. The summed E-state index contributed by atoms with van der Waals surface area (Å²) >= 11 is 0. The number of nitrogens with two attached hydrogens (primary N) is 1. The lowest BCUT2D eigenvalue weighted by Gasteiger charge is -2.35. The van der Waals surface area contributed by atoms with Crippen molar-refractivity contribution in [3.05, 3.63) is 17.8 Å². The maximum absolute atomic E-state index is 11.8. The largest absolute Gasteiger partial charge is 0.398 e. The summed E-state index contributed by atoms with van der Waals surface area (Å²) in [5.41, 5.74) is 7.50. The van der Waals surface area contributed by atoms with E-state index >= 15 is 0 Å². The number of nitrogens with zero attached hydrogens (tertiary/aromatic N) is 2. The van der Waals surface area contributed by atoms with Gasteiger partial charge >= 0.3 is 0 Å². The van der Waals surface area contributed by atoms with Crippen LogP contribution < -0.4 is 16.0 Å². The Hall–Kier alpha value is -1.82. The van der Waals surface area contributed by atoms with Gasteiger partial charge in [-0.3, -0.25) is 4.79 Å². The fraction of sp³-hybridized carbons (Fsp3) is 0.500. The molecule has 3 N–H and O–H groups in total. The molecule has 0 aliphatic carbocycles. The van der Waals surface area contributed by atoms with Gasteiger partial charge in [0.2, 0.25) is 5.91 Å². The number of pyridine rings is 1. The topological polar surface area (TPSA) is 80.5 Å². The van der Waals surface area contributed by atoms with Gasteiger partial charge in [0.1, 0.15) is 11.9 Å². The van der Waals surface area contributed by atoms with Crippen LogP contribution in [0.3, 0.4) is 0 Å². The predicted molar refractivity (Wildman–Crippen MR) is 69.4 cm³/mol. The second-order valence-electron chi connectivity index (χ2n) is 4.30. The van der Waals surface area contributed by atoms with Crippen molar-refractivity contribution < 1.29 is 9.53 Å². The lowest BCUT2D eigenvalue weighted by Crippen LogP contribution is -2.53. The summed E-state index contributed by atoms with van der Waals surface area (Å²) in [6.07, 6.45) is 1.72. The van der Waals surface area contributed by atoms with Gasteiger partial charge in [0, 0.05) is 31.5 Å². The molecular weight excluding hydrogens is 232 g/mol. The van der Waals surface area contributed by atoms with Crippen molar-refractivity contribution in [3.8, 4) is 0 Å². The summed E-state index contributed by atoms with van der Waals surface area (Å²) in [6.45, 7) is 3.49. The number of aromatic nitrogens is 1. The first-order chi connectivity index (χ1) is 8.63. The standard InChI is InChI=1S/C12H18N4O2/c1-8-6-15-11(5-9(8)13)16-3-4-18-7-10(16)12(17)14-2/h5-6,10H,3-4,7H2,1-2H3,(H2,13,15)(H,14,17). The van der Waals surface area contributed by atoms with Crippen LogP contribution in [-0.2, 0) is 9.53 Å².